The Labute approximate surface area is 105 Å². The third-order valence-electron chi connectivity index (χ3n) is 3.01. The highest BCUT2D eigenvalue weighted by molar-refractivity contribution is 7.11. The van der Waals surface area contributed by atoms with E-state index < -0.39 is 5.97 Å². The highest BCUT2D eigenvalue weighted by Gasteiger charge is 2.18. The number of rotatable bonds is 5. The van der Waals surface area contributed by atoms with Crippen molar-refractivity contribution in [2.75, 3.05) is 13.1 Å². The Bertz CT molecular complexity index is 397. The molecule has 17 heavy (non-hydrogen) atoms. The summed E-state index contributed by atoms with van der Waals surface area (Å²) < 4.78 is 0. The molecular weight excluding hydrogens is 236 g/mol. The van der Waals surface area contributed by atoms with Gasteiger partial charge < -0.3 is 5.11 Å². The van der Waals surface area contributed by atoms with E-state index >= 15 is 0 Å². The molecule has 0 aromatic carbocycles. The summed E-state index contributed by atoms with van der Waals surface area (Å²) in [4.78, 5) is 18.8. The minimum Gasteiger partial charge on any atom is -0.481 e. The van der Waals surface area contributed by atoms with Gasteiger partial charge in [0.1, 0.15) is 0 Å². The number of aromatic nitrogens is 1. The Balaban J connectivity index is 2.11. The molecule has 4 nitrogen and oxygen atoms in total. The molecule has 1 aromatic heterocycles. The molecule has 0 radical (unpaired) electrons. The fraction of sp³-hybridized carbons (Fsp3) is 0.667. The van der Waals surface area contributed by atoms with E-state index in [1.807, 2.05) is 0 Å². The first-order valence-electron chi connectivity index (χ1n) is 6.10. The molecule has 0 atom stereocenters. The maximum Gasteiger partial charge on any atom is 0.309 e. The number of nitrogens with zero attached hydrogens (tertiary/aromatic N) is 2. The highest BCUT2D eigenvalue weighted by atomic mass is 32.1. The van der Waals surface area contributed by atoms with Crippen molar-refractivity contribution in [1.29, 1.82) is 0 Å². The van der Waals surface area contributed by atoms with E-state index in [9.17, 15) is 4.79 Å². The van der Waals surface area contributed by atoms with Crippen molar-refractivity contribution in [2.24, 2.45) is 0 Å². The number of carboxylic acids is 1. The molecule has 0 aliphatic carbocycles. The molecule has 0 spiro atoms. The maximum atomic E-state index is 10.8. The van der Waals surface area contributed by atoms with Crippen LogP contribution in [0.25, 0.3) is 0 Å². The number of carbonyl (C=O) groups is 1. The fourth-order valence-corrected chi connectivity index (χ4v) is 3.20. The van der Waals surface area contributed by atoms with Gasteiger partial charge in [-0.05, 0) is 32.4 Å². The van der Waals surface area contributed by atoms with Gasteiger partial charge >= 0.3 is 5.97 Å². The molecule has 94 valence electrons. The zero-order valence-electron chi connectivity index (χ0n) is 10.1. The average Bonchev–Trinajstić information content (AvgIpc) is 2.89. The average molecular weight is 254 g/mol. The Kier molecular flexibility index (Phi) is 4.12. The summed E-state index contributed by atoms with van der Waals surface area (Å²) in [5, 5.41) is 9.94. The Morgan fingerprint density at radius 3 is 2.76 bits per heavy atom. The van der Waals surface area contributed by atoms with Crippen molar-refractivity contribution in [2.45, 2.75) is 39.2 Å². The summed E-state index contributed by atoms with van der Waals surface area (Å²) in [6, 6.07) is 0. The second kappa shape index (κ2) is 5.60. The molecule has 1 aliphatic rings. The van der Waals surface area contributed by atoms with Gasteiger partial charge in [0.15, 0.2) is 0 Å². The lowest BCUT2D eigenvalue weighted by molar-refractivity contribution is -0.136. The van der Waals surface area contributed by atoms with Crippen LogP contribution in [-0.2, 0) is 24.2 Å². The summed E-state index contributed by atoms with van der Waals surface area (Å²) in [5.41, 5.74) is 0.770. The maximum absolute atomic E-state index is 10.8. The Morgan fingerprint density at radius 1 is 1.47 bits per heavy atom. The van der Waals surface area contributed by atoms with Gasteiger partial charge in [0.05, 0.1) is 17.1 Å². The summed E-state index contributed by atoms with van der Waals surface area (Å²) in [7, 11) is 0. The lowest BCUT2D eigenvalue weighted by atomic mass is 10.2. The zero-order valence-corrected chi connectivity index (χ0v) is 10.9. The van der Waals surface area contributed by atoms with Crippen LogP contribution in [0.5, 0.6) is 0 Å². The largest absolute Gasteiger partial charge is 0.481 e. The predicted molar refractivity (Wildman–Crippen MR) is 67.3 cm³/mol. The fourth-order valence-electron chi connectivity index (χ4n) is 2.14. The van der Waals surface area contributed by atoms with E-state index in [4.69, 9.17) is 5.11 Å². The molecule has 1 aliphatic heterocycles. The summed E-state index contributed by atoms with van der Waals surface area (Å²) in [6.45, 7) is 5.20. The Hall–Kier alpha value is -0.940. The summed E-state index contributed by atoms with van der Waals surface area (Å²) in [6.07, 6.45) is 3.46. The standard InChI is InChI=1S/C12H18N2O2S/c1-2-11-13-9(7-12(15)16)10(17-11)8-14-5-3-4-6-14/h2-8H2,1H3,(H,15,16). The predicted octanol–water partition coefficient (Wildman–Crippen LogP) is 1.93. The molecule has 0 saturated carbocycles. The first kappa shape index (κ1) is 12.5. The van der Waals surface area contributed by atoms with Crippen LogP contribution in [-0.4, -0.2) is 34.0 Å². The SMILES string of the molecule is CCc1nc(CC(=O)O)c(CN2CCCC2)s1. The number of aryl methyl sites for hydroxylation is 1. The minimum atomic E-state index is -0.791. The van der Waals surface area contributed by atoms with Crippen molar-refractivity contribution >= 4 is 17.3 Å². The molecule has 0 bridgehead atoms. The summed E-state index contributed by atoms with van der Waals surface area (Å²) in [5.74, 6) is -0.791. The van der Waals surface area contributed by atoms with Gasteiger partial charge in [-0.3, -0.25) is 9.69 Å². The van der Waals surface area contributed by atoms with E-state index in [-0.39, 0.29) is 6.42 Å². The second-order valence-electron chi connectivity index (χ2n) is 4.38. The first-order valence-corrected chi connectivity index (χ1v) is 6.92. The number of aliphatic carboxylic acids is 1. The molecule has 1 saturated heterocycles. The normalized spacial score (nSPS) is 16.5. The zero-order chi connectivity index (χ0) is 12.3. The number of likely N-dealkylation sites (tertiary alicyclic amines) is 1. The van der Waals surface area contributed by atoms with Gasteiger partial charge in [0, 0.05) is 11.4 Å². The van der Waals surface area contributed by atoms with E-state index in [2.05, 4.69) is 16.8 Å². The minimum absolute atomic E-state index is 0.0552. The highest BCUT2D eigenvalue weighted by Crippen LogP contribution is 2.23. The molecule has 1 N–H and O–H groups in total. The van der Waals surface area contributed by atoms with Crippen LogP contribution < -0.4 is 0 Å². The molecule has 0 unspecified atom stereocenters. The van der Waals surface area contributed by atoms with E-state index in [1.54, 1.807) is 11.3 Å². The smallest absolute Gasteiger partial charge is 0.309 e. The van der Waals surface area contributed by atoms with E-state index in [1.165, 1.54) is 12.8 Å². The van der Waals surface area contributed by atoms with Crippen molar-refractivity contribution < 1.29 is 9.90 Å². The van der Waals surface area contributed by atoms with Crippen LogP contribution in [0.2, 0.25) is 0 Å². The monoisotopic (exact) mass is 254 g/mol. The van der Waals surface area contributed by atoms with Crippen molar-refractivity contribution in [3.63, 3.8) is 0 Å². The molecule has 2 rings (SSSR count). The van der Waals surface area contributed by atoms with Crippen molar-refractivity contribution in [3.05, 3.63) is 15.6 Å². The van der Waals surface area contributed by atoms with Crippen molar-refractivity contribution in [3.8, 4) is 0 Å². The number of hydrogen-bond acceptors (Lipinski definition) is 4. The van der Waals surface area contributed by atoms with Crippen LogP contribution in [0.15, 0.2) is 0 Å². The van der Waals surface area contributed by atoms with Gasteiger partial charge in [0.25, 0.3) is 0 Å². The van der Waals surface area contributed by atoms with Crippen LogP contribution in [0.3, 0.4) is 0 Å². The third kappa shape index (κ3) is 3.26. The van der Waals surface area contributed by atoms with E-state index in [0.29, 0.717) is 0 Å². The molecule has 1 fully saturated rings. The molecule has 1 aromatic rings. The van der Waals surface area contributed by atoms with Gasteiger partial charge in [-0.1, -0.05) is 6.92 Å². The number of hydrogen-bond donors (Lipinski definition) is 1. The number of thiazole rings is 1. The van der Waals surface area contributed by atoms with Crippen LogP contribution in [0, 0.1) is 0 Å². The van der Waals surface area contributed by atoms with Gasteiger partial charge in [-0.15, -0.1) is 11.3 Å². The van der Waals surface area contributed by atoms with Gasteiger partial charge in [-0.2, -0.15) is 0 Å². The van der Waals surface area contributed by atoms with E-state index in [0.717, 1.165) is 41.6 Å². The quantitative estimate of drug-likeness (QED) is 0.872. The Morgan fingerprint density at radius 2 is 2.18 bits per heavy atom. The first-order chi connectivity index (χ1) is 8.19. The van der Waals surface area contributed by atoms with Gasteiger partial charge in [-0.25, -0.2) is 4.98 Å². The summed E-state index contributed by atoms with van der Waals surface area (Å²) >= 11 is 1.67. The van der Waals surface area contributed by atoms with Crippen molar-refractivity contribution in [1.82, 2.24) is 9.88 Å². The molecule has 2 heterocycles. The number of carboxylic acid groups (broad SMARTS) is 1. The van der Waals surface area contributed by atoms with Crippen LogP contribution in [0.4, 0.5) is 0 Å². The topological polar surface area (TPSA) is 53.4 Å². The van der Waals surface area contributed by atoms with Gasteiger partial charge in [0.2, 0.25) is 0 Å². The molecule has 5 heteroatoms. The molecule has 0 amide bonds. The lowest BCUT2D eigenvalue weighted by Gasteiger charge is -2.13. The van der Waals surface area contributed by atoms with Crippen LogP contribution >= 0.6 is 11.3 Å². The lowest BCUT2D eigenvalue weighted by Crippen LogP contribution is -2.19. The third-order valence-corrected chi connectivity index (χ3v) is 4.24. The second-order valence-corrected chi connectivity index (χ2v) is 5.55. The van der Waals surface area contributed by atoms with Crippen LogP contribution in [0.1, 0.15) is 35.3 Å². The molecular formula is C12H18N2O2S.